The molecule has 6 nitrogen and oxygen atoms in total. The summed E-state index contributed by atoms with van der Waals surface area (Å²) < 4.78 is 45.1. The topological polar surface area (TPSA) is 75.7 Å². The van der Waals surface area contributed by atoms with Crippen LogP contribution in [-0.2, 0) is 20.2 Å². The predicted octanol–water partition coefficient (Wildman–Crippen LogP) is 2.31. The number of rotatable bonds is 6. The molecule has 2 aromatic rings. The highest BCUT2D eigenvalue weighted by Crippen LogP contribution is 2.47. The number of ether oxygens (including phenoxy) is 1. The molecule has 1 aliphatic carbocycles. The van der Waals surface area contributed by atoms with Gasteiger partial charge in [0.25, 0.3) is 5.91 Å². The molecule has 2 aromatic carbocycles. The number of hydrogen-bond acceptors (Lipinski definition) is 4. The van der Waals surface area contributed by atoms with E-state index in [-0.39, 0.29) is 22.0 Å². The van der Waals surface area contributed by atoms with Gasteiger partial charge in [0.15, 0.2) is 0 Å². The highest BCUT2D eigenvalue weighted by molar-refractivity contribution is 7.89. The number of benzene rings is 2. The van der Waals surface area contributed by atoms with Crippen molar-refractivity contribution in [3.63, 3.8) is 0 Å². The molecule has 29 heavy (non-hydrogen) atoms. The van der Waals surface area contributed by atoms with Gasteiger partial charge in [0.1, 0.15) is 5.82 Å². The Kier molecular flexibility index (Phi) is 5.42. The smallest absolute Gasteiger partial charge is 0.251 e. The minimum Gasteiger partial charge on any atom is -0.379 e. The second-order valence-electron chi connectivity index (χ2n) is 7.51. The summed E-state index contributed by atoms with van der Waals surface area (Å²) in [4.78, 5) is 12.7. The third-order valence-corrected chi connectivity index (χ3v) is 7.53. The Morgan fingerprint density at radius 2 is 1.66 bits per heavy atom. The zero-order valence-corrected chi connectivity index (χ0v) is 16.8. The van der Waals surface area contributed by atoms with Gasteiger partial charge in [0.2, 0.25) is 10.0 Å². The summed E-state index contributed by atoms with van der Waals surface area (Å²) in [5, 5.41) is 2.93. The molecular weight excluding hydrogens is 395 g/mol. The second-order valence-corrected chi connectivity index (χ2v) is 9.45. The Balaban J connectivity index is 1.40. The lowest BCUT2D eigenvalue weighted by atomic mass is 9.96. The van der Waals surface area contributed by atoms with E-state index < -0.39 is 10.0 Å². The number of carbonyl (C=O) groups is 1. The van der Waals surface area contributed by atoms with Crippen molar-refractivity contribution >= 4 is 15.9 Å². The van der Waals surface area contributed by atoms with Crippen LogP contribution in [0.2, 0.25) is 0 Å². The summed E-state index contributed by atoms with van der Waals surface area (Å²) in [6, 6.07) is 12.4. The van der Waals surface area contributed by atoms with Crippen molar-refractivity contribution in [1.82, 2.24) is 9.62 Å². The number of morpholine rings is 1. The summed E-state index contributed by atoms with van der Waals surface area (Å²) in [6.45, 7) is 1.89. The van der Waals surface area contributed by atoms with E-state index >= 15 is 0 Å². The van der Waals surface area contributed by atoms with Crippen molar-refractivity contribution in [1.29, 1.82) is 0 Å². The molecule has 0 atom stereocenters. The SMILES string of the molecule is O=C(NCC1(c2ccc(F)cc2)CC1)c1ccc(S(=O)(=O)N2CCOCC2)cc1. The van der Waals surface area contributed by atoms with E-state index in [2.05, 4.69) is 5.32 Å². The molecule has 0 aromatic heterocycles. The summed E-state index contributed by atoms with van der Waals surface area (Å²) in [7, 11) is -3.58. The molecule has 1 N–H and O–H groups in total. The monoisotopic (exact) mass is 418 g/mol. The van der Waals surface area contributed by atoms with E-state index in [0.29, 0.717) is 38.4 Å². The predicted molar refractivity (Wildman–Crippen MR) is 106 cm³/mol. The van der Waals surface area contributed by atoms with Crippen LogP contribution < -0.4 is 5.32 Å². The Bertz CT molecular complexity index is 980. The van der Waals surface area contributed by atoms with E-state index in [1.54, 1.807) is 12.1 Å². The molecule has 0 unspecified atom stereocenters. The minimum absolute atomic E-state index is 0.136. The van der Waals surface area contributed by atoms with Gasteiger partial charge in [-0.05, 0) is 54.8 Å². The lowest BCUT2D eigenvalue weighted by molar-refractivity contribution is 0.0730. The quantitative estimate of drug-likeness (QED) is 0.781. The molecule has 2 aliphatic rings. The first kappa shape index (κ1) is 20.0. The zero-order valence-electron chi connectivity index (χ0n) is 15.9. The van der Waals surface area contributed by atoms with Crippen molar-refractivity contribution < 1.29 is 22.3 Å². The Labute approximate surface area is 169 Å². The van der Waals surface area contributed by atoms with E-state index in [9.17, 15) is 17.6 Å². The number of nitrogens with one attached hydrogen (secondary N) is 1. The molecule has 154 valence electrons. The third-order valence-electron chi connectivity index (χ3n) is 5.62. The number of sulfonamides is 1. The van der Waals surface area contributed by atoms with E-state index in [4.69, 9.17) is 4.74 Å². The normalized spacial score (nSPS) is 18.9. The molecule has 0 bridgehead atoms. The van der Waals surface area contributed by atoms with Crippen LogP contribution in [0.25, 0.3) is 0 Å². The second kappa shape index (κ2) is 7.85. The summed E-state index contributed by atoms with van der Waals surface area (Å²) in [5.74, 6) is -0.533. The van der Waals surface area contributed by atoms with Crippen LogP contribution in [0.15, 0.2) is 53.4 Å². The van der Waals surface area contributed by atoms with Crippen LogP contribution in [0.5, 0.6) is 0 Å². The highest BCUT2D eigenvalue weighted by Gasteiger charge is 2.44. The number of amides is 1. The van der Waals surface area contributed by atoms with Gasteiger partial charge in [-0.3, -0.25) is 4.79 Å². The standard InChI is InChI=1S/C21H23FN2O4S/c22-18-5-3-17(4-6-18)21(9-10-21)15-23-20(25)16-1-7-19(8-2-16)29(26,27)24-11-13-28-14-12-24/h1-8H,9-15H2,(H,23,25). The van der Waals surface area contributed by atoms with Gasteiger partial charge in [0, 0.05) is 30.6 Å². The highest BCUT2D eigenvalue weighted by atomic mass is 32.2. The zero-order chi connectivity index (χ0) is 20.5. The van der Waals surface area contributed by atoms with E-state index in [1.807, 2.05) is 0 Å². The molecule has 1 heterocycles. The molecule has 4 rings (SSSR count). The van der Waals surface area contributed by atoms with Gasteiger partial charge in [-0.25, -0.2) is 12.8 Å². The first-order chi connectivity index (χ1) is 13.9. The van der Waals surface area contributed by atoms with Crippen LogP contribution in [-0.4, -0.2) is 51.5 Å². The average molecular weight is 418 g/mol. The van der Waals surface area contributed by atoms with Crippen molar-refractivity contribution in [3.8, 4) is 0 Å². The Morgan fingerprint density at radius 1 is 1.03 bits per heavy atom. The maximum Gasteiger partial charge on any atom is 0.251 e. The third kappa shape index (κ3) is 4.19. The van der Waals surface area contributed by atoms with Crippen LogP contribution in [0.4, 0.5) is 4.39 Å². The molecule has 0 radical (unpaired) electrons. The maximum absolute atomic E-state index is 13.1. The van der Waals surface area contributed by atoms with Crippen molar-refractivity contribution in [2.45, 2.75) is 23.2 Å². The first-order valence-electron chi connectivity index (χ1n) is 9.63. The van der Waals surface area contributed by atoms with Crippen LogP contribution >= 0.6 is 0 Å². The number of halogens is 1. The maximum atomic E-state index is 13.1. The molecule has 8 heteroatoms. The lowest BCUT2D eigenvalue weighted by Gasteiger charge is -2.26. The summed E-state index contributed by atoms with van der Waals surface area (Å²) in [5.41, 5.74) is 1.29. The largest absolute Gasteiger partial charge is 0.379 e. The number of nitrogens with zero attached hydrogens (tertiary/aromatic N) is 1. The van der Waals surface area contributed by atoms with Crippen LogP contribution in [0.1, 0.15) is 28.8 Å². The van der Waals surface area contributed by atoms with Gasteiger partial charge in [-0.2, -0.15) is 4.31 Å². The van der Waals surface area contributed by atoms with Gasteiger partial charge >= 0.3 is 0 Å². The summed E-state index contributed by atoms with van der Waals surface area (Å²) >= 11 is 0. The molecule has 2 fully saturated rings. The Morgan fingerprint density at radius 3 is 2.24 bits per heavy atom. The van der Waals surface area contributed by atoms with Crippen molar-refractivity contribution in [3.05, 3.63) is 65.5 Å². The lowest BCUT2D eigenvalue weighted by Crippen LogP contribution is -2.40. The molecule has 1 saturated heterocycles. The number of carbonyl (C=O) groups excluding carboxylic acids is 1. The van der Waals surface area contributed by atoms with Gasteiger partial charge in [0.05, 0.1) is 18.1 Å². The van der Waals surface area contributed by atoms with E-state index in [1.165, 1.54) is 40.7 Å². The van der Waals surface area contributed by atoms with Crippen LogP contribution in [0.3, 0.4) is 0 Å². The minimum atomic E-state index is -3.58. The Hall–Kier alpha value is -2.29. The van der Waals surface area contributed by atoms with Crippen LogP contribution in [0, 0.1) is 5.82 Å². The van der Waals surface area contributed by atoms with Gasteiger partial charge < -0.3 is 10.1 Å². The van der Waals surface area contributed by atoms with Crippen molar-refractivity contribution in [2.24, 2.45) is 0 Å². The molecular formula is C21H23FN2O4S. The fourth-order valence-electron chi connectivity index (χ4n) is 3.59. The molecule has 1 amide bonds. The molecule has 1 aliphatic heterocycles. The van der Waals surface area contributed by atoms with Gasteiger partial charge in [-0.15, -0.1) is 0 Å². The summed E-state index contributed by atoms with van der Waals surface area (Å²) in [6.07, 6.45) is 1.88. The molecule has 0 spiro atoms. The van der Waals surface area contributed by atoms with Crippen molar-refractivity contribution in [2.75, 3.05) is 32.8 Å². The fraction of sp³-hybridized carbons (Fsp3) is 0.381. The van der Waals surface area contributed by atoms with Gasteiger partial charge in [-0.1, -0.05) is 12.1 Å². The van der Waals surface area contributed by atoms with E-state index in [0.717, 1.165) is 18.4 Å². The molecule has 1 saturated carbocycles. The average Bonchev–Trinajstić information content (AvgIpc) is 3.54. The number of hydrogen-bond donors (Lipinski definition) is 1. The first-order valence-corrected chi connectivity index (χ1v) is 11.1. The fourth-order valence-corrected chi connectivity index (χ4v) is 5.00.